The highest BCUT2D eigenvalue weighted by Gasteiger charge is 2.24. The Kier molecular flexibility index (Phi) is 3.77. The Hall–Kier alpha value is -0.670. The predicted octanol–water partition coefficient (Wildman–Crippen LogP) is 2.99. The number of anilines is 1. The van der Waals surface area contributed by atoms with E-state index in [2.05, 4.69) is 19.9 Å². The van der Waals surface area contributed by atoms with Crippen LogP contribution in [0.4, 0.5) is 5.69 Å². The maximum absolute atomic E-state index is 5.90. The first-order chi connectivity index (χ1) is 7.68. The summed E-state index contributed by atoms with van der Waals surface area (Å²) in [7, 11) is 0. The number of nitrogen functional groups attached to an aromatic ring is 1. The first-order valence-corrected chi connectivity index (χ1v) is 6.80. The summed E-state index contributed by atoms with van der Waals surface area (Å²) in [6.45, 7) is 5.17. The lowest BCUT2D eigenvalue weighted by Gasteiger charge is -2.14. The minimum Gasteiger partial charge on any atom is -0.399 e. The van der Waals surface area contributed by atoms with Gasteiger partial charge in [-0.2, -0.15) is 11.8 Å². The molecule has 2 rings (SSSR count). The third-order valence-electron chi connectivity index (χ3n) is 3.25. The van der Waals surface area contributed by atoms with Gasteiger partial charge in [-0.05, 0) is 37.5 Å². The van der Waals surface area contributed by atoms with Crippen LogP contribution < -0.4 is 5.73 Å². The molecule has 1 saturated heterocycles. The molecule has 0 aromatic heterocycles. The van der Waals surface area contributed by atoms with E-state index in [0.717, 1.165) is 18.0 Å². The predicted molar refractivity (Wildman–Crippen MR) is 70.7 cm³/mol. The first-order valence-electron chi connectivity index (χ1n) is 5.75. The van der Waals surface area contributed by atoms with E-state index in [-0.39, 0.29) is 0 Å². The van der Waals surface area contributed by atoms with E-state index in [1.54, 1.807) is 0 Å². The van der Waals surface area contributed by atoms with Crippen LogP contribution in [0.15, 0.2) is 18.2 Å². The lowest BCUT2D eigenvalue weighted by molar-refractivity contribution is 0.127. The number of rotatable bonds is 3. The number of ether oxygens (including phenoxy) is 1. The highest BCUT2D eigenvalue weighted by molar-refractivity contribution is 7.99. The molecule has 16 heavy (non-hydrogen) atoms. The van der Waals surface area contributed by atoms with Crippen molar-refractivity contribution in [3.63, 3.8) is 0 Å². The maximum Gasteiger partial charge on any atom is 0.0666 e. The molecule has 0 radical (unpaired) electrons. The van der Waals surface area contributed by atoms with E-state index in [0.29, 0.717) is 11.4 Å². The van der Waals surface area contributed by atoms with Crippen molar-refractivity contribution in [2.75, 3.05) is 12.3 Å². The largest absolute Gasteiger partial charge is 0.399 e. The number of hydrogen-bond donors (Lipinski definition) is 1. The molecule has 0 saturated carbocycles. The second kappa shape index (κ2) is 5.11. The quantitative estimate of drug-likeness (QED) is 0.821. The third-order valence-corrected chi connectivity index (χ3v) is 4.77. The van der Waals surface area contributed by atoms with Crippen molar-refractivity contribution in [2.45, 2.75) is 37.4 Å². The molecular formula is C13H19NOS. The fourth-order valence-corrected chi connectivity index (χ4v) is 3.31. The number of benzene rings is 1. The van der Waals surface area contributed by atoms with E-state index < -0.39 is 0 Å². The van der Waals surface area contributed by atoms with E-state index in [1.807, 2.05) is 23.9 Å². The minimum atomic E-state index is 0.395. The van der Waals surface area contributed by atoms with Crippen molar-refractivity contribution in [2.24, 2.45) is 0 Å². The van der Waals surface area contributed by atoms with Crippen LogP contribution in [0.2, 0.25) is 0 Å². The molecule has 1 aromatic rings. The van der Waals surface area contributed by atoms with Crippen LogP contribution in [0.3, 0.4) is 0 Å². The Morgan fingerprint density at radius 3 is 3.00 bits per heavy atom. The summed E-state index contributed by atoms with van der Waals surface area (Å²) in [5, 5.41) is 0.640. The normalized spacial score (nSPS) is 24.9. The van der Waals surface area contributed by atoms with Gasteiger partial charge in [0, 0.05) is 23.3 Å². The second-order valence-corrected chi connectivity index (χ2v) is 5.57. The first kappa shape index (κ1) is 11.8. The van der Waals surface area contributed by atoms with Gasteiger partial charge in [0.25, 0.3) is 0 Å². The molecule has 1 aliphatic heterocycles. The van der Waals surface area contributed by atoms with Gasteiger partial charge in [-0.1, -0.05) is 12.1 Å². The zero-order valence-electron chi connectivity index (χ0n) is 9.90. The zero-order chi connectivity index (χ0) is 11.5. The highest BCUT2D eigenvalue weighted by atomic mass is 32.2. The summed E-state index contributed by atoms with van der Waals surface area (Å²) >= 11 is 1.99. The van der Waals surface area contributed by atoms with Crippen LogP contribution in [0, 0.1) is 6.92 Å². The van der Waals surface area contributed by atoms with Gasteiger partial charge in [-0.25, -0.2) is 0 Å². The molecule has 1 fully saturated rings. The molecule has 0 spiro atoms. The van der Waals surface area contributed by atoms with Crippen LogP contribution in [-0.4, -0.2) is 18.0 Å². The van der Waals surface area contributed by atoms with E-state index in [1.165, 1.54) is 17.5 Å². The van der Waals surface area contributed by atoms with Gasteiger partial charge in [0.2, 0.25) is 0 Å². The van der Waals surface area contributed by atoms with E-state index in [4.69, 9.17) is 10.5 Å². The smallest absolute Gasteiger partial charge is 0.0666 e. The van der Waals surface area contributed by atoms with Crippen molar-refractivity contribution in [3.8, 4) is 0 Å². The van der Waals surface area contributed by atoms with Gasteiger partial charge < -0.3 is 10.5 Å². The molecule has 2 N–H and O–H groups in total. The Bertz CT molecular complexity index is 367. The van der Waals surface area contributed by atoms with Crippen molar-refractivity contribution in [1.29, 1.82) is 0 Å². The van der Waals surface area contributed by atoms with Crippen LogP contribution in [0.25, 0.3) is 0 Å². The molecule has 2 atom stereocenters. The number of hydrogen-bond acceptors (Lipinski definition) is 3. The fourth-order valence-electron chi connectivity index (χ4n) is 1.99. The van der Waals surface area contributed by atoms with Crippen LogP contribution in [0.1, 0.15) is 24.5 Å². The summed E-state index contributed by atoms with van der Waals surface area (Å²) in [6, 6.07) is 6.16. The van der Waals surface area contributed by atoms with Crippen molar-refractivity contribution in [1.82, 2.24) is 0 Å². The molecule has 88 valence electrons. The summed E-state index contributed by atoms with van der Waals surface area (Å²) in [5.41, 5.74) is 9.37. The average molecular weight is 237 g/mol. The maximum atomic E-state index is 5.90. The SMILES string of the molecule is Cc1c(N)cccc1CSC1CCOC1C. The summed E-state index contributed by atoms with van der Waals surface area (Å²) in [4.78, 5) is 0. The van der Waals surface area contributed by atoms with Crippen LogP contribution in [-0.2, 0) is 10.5 Å². The lowest BCUT2D eigenvalue weighted by atomic mass is 10.1. The summed E-state index contributed by atoms with van der Waals surface area (Å²) < 4.78 is 5.56. The van der Waals surface area contributed by atoms with E-state index in [9.17, 15) is 0 Å². The van der Waals surface area contributed by atoms with Gasteiger partial charge in [-0.15, -0.1) is 0 Å². The Morgan fingerprint density at radius 2 is 2.31 bits per heavy atom. The summed E-state index contributed by atoms with van der Waals surface area (Å²) in [6.07, 6.45) is 1.57. The van der Waals surface area contributed by atoms with Crippen LogP contribution >= 0.6 is 11.8 Å². The molecule has 2 unspecified atom stereocenters. The minimum absolute atomic E-state index is 0.395. The second-order valence-electron chi connectivity index (χ2n) is 4.35. The molecule has 2 nitrogen and oxygen atoms in total. The van der Waals surface area contributed by atoms with Gasteiger partial charge in [0.1, 0.15) is 0 Å². The summed E-state index contributed by atoms with van der Waals surface area (Å²) in [5.74, 6) is 1.04. The van der Waals surface area contributed by atoms with Gasteiger partial charge in [-0.3, -0.25) is 0 Å². The molecule has 1 aliphatic rings. The fraction of sp³-hybridized carbons (Fsp3) is 0.538. The van der Waals surface area contributed by atoms with Gasteiger partial charge >= 0.3 is 0 Å². The van der Waals surface area contributed by atoms with E-state index >= 15 is 0 Å². The highest BCUT2D eigenvalue weighted by Crippen LogP contribution is 2.30. The van der Waals surface area contributed by atoms with Crippen LogP contribution in [0.5, 0.6) is 0 Å². The van der Waals surface area contributed by atoms with Crippen molar-refractivity contribution >= 4 is 17.4 Å². The molecule has 0 amide bonds. The molecule has 3 heteroatoms. The third kappa shape index (κ3) is 2.53. The molecule has 0 bridgehead atoms. The molecular weight excluding hydrogens is 218 g/mol. The Balaban J connectivity index is 1.96. The number of thioether (sulfide) groups is 1. The lowest BCUT2D eigenvalue weighted by Crippen LogP contribution is -2.13. The monoisotopic (exact) mass is 237 g/mol. The molecule has 1 aromatic carbocycles. The standard InChI is InChI=1S/C13H19NOS/c1-9-11(4-3-5-12(9)14)8-16-13-6-7-15-10(13)2/h3-5,10,13H,6-8,14H2,1-2H3. The molecule has 0 aliphatic carbocycles. The van der Waals surface area contributed by atoms with Gasteiger partial charge in [0.15, 0.2) is 0 Å². The Labute approximate surface area is 102 Å². The van der Waals surface area contributed by atoms with Gasteiger partial charge in [0.05, 0.1) is 6.10 Å². The average Bonchev–Trinajstić information content (AvgIpc) is 2.67. The van der Waals surface area contributed by atoms with Crippen molar-refractivity contribution in [3.05, 3.63) is 29.3 Å². The molecule has 1 heterocycles. The zero-order valence-corrected chi connectivity index (χ0v) is 10.7. The van der Waals surface area contributed by atoms with Crippen molar-refractivity contribution < 1.29 is 4.74 Å². The number of nitrogens with two attached hydrogens (primary N) is 1. The Morgan fingerprint density at radius 1 is 1.50 bits per heavy atom. The topological polar surface area (TPSA) is 35.2 Å².